The van der Waals surface area contributed by atoms with E-state index in [1.807, 2.05) is 31.2 Å². The number of nitrogens with zero attached hydrogens (tertiary/aromatic N) is 1. The molecule has 1 atom stereocenters. The van der Waals surface area contributed by atoms with Crippen LogP contribution < -0.4 is 10.0 Å². The molecule has 1 aliphatic heterocycles. The quantitative estimate of drug-likeness (QED) is 0.846. The van der Waals surface area contributed by atoms with Crippen molar-refractivity contribution in [1.29, 1.82) is 0 Å². The zero-order chi connectivity index (χ0) is 11.8. The summed E-state index contributed by atoms with van der Waals surface area (Å²) in [7, 11) is -3.07. The Balaban J connectivity index is 2.29. The van der Waals surface area contributed by atoms with Gasteiger partial charge in [-0.1, -0.05) is 12.1 Å². The number of nitrogens with two attached hydrogens (primary N) is 1. The summed E-state index contributed by atoms with van der Waals surface area (Å²) in [6, 6.07) is 7.38. The van der Waals surface area contributed by atoms with Crippen molar-refractivity contribution in [3.63, 3.8) is 0 Å². The average Bonchev–Trinajstić information content (AvgIpc) is 2.58. The van der Waals surface area contributed by atoms with Crippen LogP contribution in [0.2, 0.25) is 0 Å². The summed E-state index contributed by atoms with van der Waals surface area (Å²) in [4.78, 5) is 0. The molecule has 0 bridgehead atoms. The van der Waals surface area contributed by atoms with Crippen molar-refractivity contribution < 1.29 is 8.42 Å². The Labute approximate surface area is 96.1 Å². The largest absolute Gasteiger partial charge is 0.324 e. The first-order valence-corrected chi connectivity index (χ1v) is 6.97. The molecule has 1 saturated heterocycles. The lowest BCUT2D eigenvalue weighted by atomic mass is 10.1. The Morgan fingerprint density at radius 1 is 1.31 bits per heavy atom. The van der Waals surface area contributed by atoms with Gasteiger partial charge in [0, 0.05) is 12.6 Å². The molecular weight excluding hydrogens is 224 g/mol. The number of hydrogen-bond acceptors (Lipinski definition) is 3. The highest BCUT2D eigenvalue weighted by atomic mass is 32.2. The van der Waals surface area contributed by atoms with Crippen molar-refractivity contribution >= 4 is 15.7 Å². The van der Waals surface area contributed by atoms with Crippen LogP contribution in [-0.4, -0.2) is 20.7 Å². The topological polar surface area (TPSA) is 63.4 Å². The fraction of sp³-hybridized carbons (Fsp3) is 0.455. The molecule has 1 aromatic carbocycles. The van der Waals surface area contributed by atoms with Crippen molar-refractivity contribution in [1.82, 2.24) is 0 Å². The summed E-state index contributed by atoms with van der Waals surface area (Å²) >= 11 is 0. The first-order chi connectivity index (χ1) is 7.50. The fourth-order valence-electron chi connectivity index (χ4n) is 1.87. The Bertz CT molecular complexity index is 465. The SMILES string of the molecule is C[C@@H](N)c1ccc(N2CCCS2(=O)=O)cc1. The van der Waals surface area contributed by atoms with E-state index in [0.29, 0.717) is 13.0 Å². The maximum atomic E-state index is 11.7. The predicted molar refractivity (Wildman–Crippen MR) is 64.8 cm³/mol. The van der Waals surface area contributed by atoms with Crippen LogP contribution in [-0.2, 0) is 10.0 Å². The molecular formula is C11H16N2O2S. The van der Waals surface area contributed by atoms with Crippen LogP contribution in [0.5, 0.6) is 0 Å². The van der Waals surface area contributed by atoms with Gasteiger partial charge in [-0.3, -0.25) is 4.31 Å². The molecule has 16 heavy (non-hydrogen) atoms. The van der Waals surface area contributed by atoms with E-state index in [0.717, 1.165) is 11.3 Å². The number of benzene rings is 1. The minimum atomic E-state index is -3.07. The highest BCUT2D eigenvalue weighted by Gasteiger charge is 2.28. The van der Waals surface area contributed by atoms with E-state index < -0.39 is 10.0 Å². The molecule has 0 unspecified atom stereocenters. The number of rotatable bonds is 2. The molecule has 88 valence electrons. The summed E-state index contributed by atoms with van der Waals surface area (Å²) in [5.74, 6) is 0.252. The van der Waals surface area contributed by atoms with E-state index in [9.17, 15) is 8.42 Å². The van der Waals surface area contributed by atoms with Crippen molar-refractivity contribution in [3.8, 4) is 0 Å². The van der Waals surface area contributed by atoms with E-state index in [2.05, 4.69) is 0 Å². The summed E-state index contributed by atoms with van der Waals surface area (Å²) in [6.07, 6.45) is 0.706. The van der Waals surface area contributed by atoms with Gasteiger partial charge in [-0.2, -0.15) is 0 Å². The Morgan fingerprint density at radius 3 is 2.38 bits per heavy atom. The lowest BCUT2D eigenvalue weighted by molar-refractivity contribution is 0.599. The maximum absolute atomic E-state index is 11.7. The van der Waals surface area contributed by atoms with Crippen LogP contribution in [0.15, 0.2) is 24.3 Å². The second-order valence-electron chi connectivity index (χ2n) is 4.12. The van der Waals surface area contributed by atoms with Crippen LogP contribution in [0, 0.1) is 0 Å². The normalized spacial score (nSPS) is 21.0. The van der Waals surface area contributed by atoms with Gasteiger partial charge in [0.05, 0.1) is 11.4 Å². The van der Waals surface area contributed by atoms with Gasteiger partial charge in [-0.15, -0.1) is 0 Å². The van der Waals surface area contributed by atoms with Crippen LogP contribution in [0.4, 0.5) is 5.69 Å². The first kappa shape index (κ1) is 11.4. The molecule has 0 spiro atoms. The Hall–Kier alpha value is -1.07. The van der Waals surface area contributed by atoms with E-state index >= 15 is 0 Å². The third-order valence-electron chi connectivity index (χ3n) is 2.81. The molecule has 0 amide bonds. The highest BCUT2D eigenvalue weighted by molar-refractivity contribution is 7.93. The van der Waals surface area contributed by atoms with Gasteiger partial charge in [-0.05, 0) is 31.0 Å². The zero-order valence-corrected chi connectivity index (χ0v) is 10.1. The minimum absolute atomic E-state index is 0.0239. The molecule has 4 nitrogen and oxygen atoms in total. The predicted octanol–water partition coefficient (Wildman–Crippen LogP) is 1.25. The lowest BCUT2D eigenvalue weighted by Crippen LogP contribution is -2.25. The van der Waals surface area contributed by atoms with Gasteiger partial charge >= 0.3 is 0 Å². The monoisotopic (exact) mass is 240 g/mol. The second-order valence-corrected chi connectivity index (χ2v) is 6.13. The molecule has 0 saturated carbocycles. The first-order valence-electron chi connectivity index (χ1n) is 5.37. The number of anilines is 1. The van der Waals surface area contributed by atoms with Gasteiger partial charge in [0.1, 0.15) is 0 Å². The second kappa shape index (κ2) is 4.07. The van der Waals surface area contributed by atoms with Crippen molar-refractivity contribution in [2.75, 3.05) is 16.6 Å². The van der Waals surface area contributed by atoms with Gasteiger partial charge in [-0.25, -0.2) is 8.42 Å². The molecule has 5 heteroatoms. The van der Waals surface area contributed by atoms with Crippen LogP contribution >= 0.6 is 0 Å². The highest BCUT2D eigenvalue weighted by Crippen LogP contribution is 2.25. The van der Waals surface area contributed by atoms with Gasteiger partial charge in [0.2, 0.25) is 10.0 Å². The fourth-order valence-corrected chi connectivity index (χ4v) is 3.44. The summed E-state index contributed by atoms with van der Waals surface area (Å²) in [5, 5.41) is 0. The molecule has 1 aliphatic rings. The molecule has 2 rings (SSSR count). The van der Waals surface area contributed by atoms with E-state index in [1.54, 1.807) is 0 Å². The van der Waals surface area contributed by atoms with Gasteiger partial charge in [0.25, 0.3) is 0 Å². The smallest absolute Gasteiger partial charge is 0.235 e. The zero-order valence-electron chi connectivity index (χ0n) is 9.26. The van der Waals surface area contributed by atoms with Crippen molar-refractivity contribution in [2.45, 2.75) is 19.4 Å². The summed E-state index contributed by atoms with van der Waals surface area (Å²) in [6.45, 7) is 2.49. The van der Waals surface area contributed by atoms with E-state index in [4.69, 9.17) is 5.73 Å². The van der Waals surface area contributed by atoms with E-state index in [-0.39, 0.29) is 11.8 Å². The van der Waals surface area contributed by atoms with Gasteiger partial charge in [0.15, 0.2) is 0 Å². The maximum Gasteiger partial charge on any atom is 0.235 e. The van der Waals surface area contributed by atoms with Crippen molar-refractivity contribution in [2.24, 2.45) is 5.73 Å². The number of sulfonamides is 1. The van der Waals surface area contributed by atoms with Crippen LogP contribution in [0.25, 0.3) is 0 Å². The van der Waals surface area contributed by atoms with E-state index in [1.165, 1.54) is 4.31 Å². The Morgan fingerprint density at radius 2 is 1.94 bits per heavy atom. The summed E-state index contributed by atoms with van der Waals surface area (Å²) in [5.41, 5.74) is 7.49. The standard InChI is InChI=1S/C11H16N2O2S/c1-9(12)10-3-5-11(6-4-10)13-7-2-8-16(13,14)15/h3-6,9H,2,7-8,12H2,1H3/t9-/m1/s1. The van der Waals surface area contributed by atoms with Crippen molar-refractivity contribution in [3.05, 3.63) is 29.8 Å². The van der Waals surface area contributed by atoms with Crippen LogP contribution in [0.1, 0.15) is 24.9 Å². The average molecular weight is 240 g/mol. The third kappa shape index (κ3) is 2.05. The lowest BCUT2D eigenvalue weighted by Gasteiger charge is -2.17. The molecule has 1 heterocycles. The third-order valence-corrected chi connectivity index (χ3v) is 4.68. The molecule has 0 aromatic heterocycles. The summed E-state index contributed by atoms with van der Waals surface area (Å²) < 4.78 is 24.8. The molecule has 2 N–H and O–H groups in total. The van der Waals surface area contributed by atoms with Crippen LogP contribution in [0.3, 0.4) is 0 Å². The number of hydrogen-bond donors (Lipinski definition) is 1. The minimum Gasteiger partial charge on any atom is -0.324 e. The molecule has 1 aromatic rings. The molecule has 1 fully saturated rings. The Kier molecular flexibility index (Phi) is 2.90. The molecule has 0 aliphatic carbocycles. The van der Waals surface area contributed by atoms with Gasteiger partial charge < -0.3 is 5.73 Å². The molecule has 0 radical (unpaired) electrons.